The molecule has 2 N–H and O–H groups in total. The van der Waals surface area contributed by atoms with E-state index < -0.39 is 15.9 Å². The topological polar surface area (TPSA) is 101 Å². The Kier molecular flexibility index (Phi) is 8.97. The van der Waals surface area contributed by atoms with Crippen LogP contribution in [-0.2, 0) is 14.8 Å². The standard InChI is InChI=1S/C18H20N4O3S2/c1-5-8-10-14(9-6-2)22-27(24,25)16-11-15(12-20-13-16)21-17(23)18(19-4)26-7-3/h5-13,22H,1-3H2,4H3,(H,21,23)/b10-8-,14-9+,19-18-. The maximum atomic E-state index is 12.6. The molecule has 0 aliphatic heterocycles. The van der Waals surface area contributed by atoms with Crippen LogP contribution in [0.3, 0.4) is 0 Å². The molecule has 9 heteroatoms. The molecule has 0 saturated heterocycles. The minimum Gasteiger partial charge on any atom is -0.319 e. The average Bonchev–Trinajstić information content (AvgIpc) is 2.64. The summed E-state index contributed by atoms with van der Waals surface area (Å²) in [6.45, 7) is 10.6. The zero-order valence-corrected chi connectivity index (χ0v) is 16.4. The van der Waals surface area contributed by atoms with Crippen LogP contribution in [-0.4, -0.2) is 31.4 Å². The molecule has 0 atom stereocenters. The molecule has 0 saturated carbocycles. The predicted molar refractivity (Wildman–Crippen MR) is 112 cm³/mol. The van der Waals surface area contributed by atoms with E-state index in [1.165, 1.54) is 55.2 Å². The number of amides is 1. The summed E-state index contributed by atoms with van der Waals surface area (Å²) < 4.78 is 27.6. The fourth-order valence-electron chi connectivity index (χ4n) is 1.74. The van der Waals surface area contributed by atoms with Crippen LogP contribution in [0.25, 0.3) is 0 Å². The molecule has 1 aromatic rings. The largest absolute Gasteiger partial charge is 0.319 e. The number of hydrogen-bond acceptors (Lipinski definition) is 6. The Morgan fingerprint density at radius 1 is 1.26 bits per heavy atom. The molecule has 1 rings (SSSR count). The van der Waals surface area contributed by atoms with Crippen molar-refractivity contribution < 1.29 is 13.2 Å². The third-order valence-corrected chi connectivity index (χ3v) is 4.94. The molecule has 1 heterocycles. The molecule has 1 aromatic heterocycles. The summed E-state index contributed by atoms with van der Waals surface area (Å²) in [6, 6.07) is 1.29. The molecule has 0 fully saturated rings. The van der Waals surface area contributed by atoms with E-state index in [-0.39, 0.29) is 15.6 Å². The number of nitrogens with one attached hydrogen (secondary N) is 2. The van der Waals surface area contributed by atoms with Crippen LogP contribution in [0.2, 0.25) is 0 Å². The number of allylic oxidation sites excluding steroid dienone is 5. The van der Waals surface area contributed by atoms with Crippen LogP contribution in [0, 0.1) is 0 Å². The molecule has 1 amide bonds. The van der Waals surface area contributed by atoms with E-state index in [4.69, 9.17) is 0 Å². The highest BCUT2D eigenvalue weighted by molar-refractivity contribution is 8.18. The summed E-state index contributed by atoms with van der Waals surface area (Å²) in [6.07, 6.45) is 10.1. The number of aliphatic imine (C=N–C) groups is 1. The van der Waals surface area contributed by atoms with Crippen molar-refractivity contribution >= 4 is 38.4 Å². The second-order valence-electron chi connectivity index (χ2n) is 4.73. The highest BCUT2D eigenvalue weighted by atomic mass is 32.2. The van der Waals surface area contributed by atoms with Crippen molar-refractivity contribution in [2.45, 2.75) is 4.90 Å². The van der Waals surface area contributed by atoms with Crippen molar-refractivity contribution in [2.75, 3.05) is 12.4 Å². The Balaban J connectivity index is 3.09. The molecular weight excluding hydrogens is 384 g/mol. The monoisotopic (exact) mass is 404 g/mol. The predicted octanol–water partition coefficient (Wildman–Crippen LogP) is 3.02. The highest BCUT2D eigenvalue weighted by Gasteiger charge is 2.17. The third kappa shape index (κ3) is 7.08. The van der Waals surface area contributed by atoms with E-state index in [0.717, 1.165) is 11.8 Å². The van der Waals surface area contributed by atoms with Gasteiger partial charge in [-0.15, -0.1) is 0 Å². The van der Waals surface area contributed by atoms with Gasteiger partial charge in [0.25, 0.3) is 15.9 Å². The van der Waals surface area contributed by atoms with E-state index >= 15 is 0 Å². The van der Waals surface area contributed by atoms with Crippen LogP contribution in [0.5, 0.6) is 0 Å². The normalized spacial score (nSPS) is 12.5. The van der Waals surface area contributed by atoms with Gasteiger partial charge < -0.3 is 5.32 Å². The Hall–Kier alpha value is -2.91. The second kappa shape index (κ2) is 10.9. The maximum absolute atomic E-state index is 12.6. The minimum absolute atomic E-state index is 0.117. The van der Waals surface area contributed by atoms with E-state index in [1.54, 1.807) is 6.08 Å². The van der Waals surface area contributed by atoms with Crippen LogP contribution in [0.4, 0.5) is 5.69 Å². The fraction of sp³-hybridized carbons (Fsp3) is 0.0556. The van der Waals surface area contributed by atoms with Gasteiger partial charge in [-0.1, -0.05) is 49.7 Å². The second-order valence-corrected chi connectivity index (χ2v) is 7.37. The van der Waals surface area contributed by atoms with E-state index in [0.29, 0.717) is 5.70 Å². The van der Waals surface area contributed by atoms with Gasteiger partial charge in [0.15, 0.2) is 5.04 Å². The first-order chi connectivity index (χ1) is 12.9. The van der Waals surface area contributed by atoms with Gasteiger partial charge in [0.2, 0.25) is 0 Å². The van der Waals surface area contributed by atoms with Crippen molar-refractivity contribution in [3.05, 3.63) is 79.7 Å². The van der Waals surface area contributed by atoms with Crippen LogP contribution >= 0.6 is 11.8 Å². The molecule has 0 aromatic carbocycles. The first kappa shape index (κ1) is 22.1. The zero-order valence-electron chi connectivity index (χ0n) is 14.8. The van der Waals surface area contributed by atoms with Crippen molar-refractivity contribution in [1.29, 1.82) is 0 Å². The van der Waals surface area contributed by atoms with Gasteiger partial charge >= 0.3 is 0 Å². The molecule has 27 heavy (non-hydrogen) atoms. The lowest BCUT2D eigenvalue weighted by Crippen LogP contribution is -2.23. The molecule has 0 radical (unpaired) electrons. The lowest BCUT2D eigenvalue weighted by molar-refractivity contribution is -0.110. The van der Waals surface area contributed by atoms with E-state index in [1.807, 2.05) is 0 Å². The Morgan fingerprint density at radius 3 is 2.59 bits per heavy atom. The van der Waals surface area contributed by atoms with Crippen molar-refractivity contribution in [1.82, 2.24) is 9.71 Å². The summed E-state index contributed by atoms with van der Waals surface area (Å²) >= 11 is 1.05. The Morgan fingerprint density at radius 2 is 2.00 bits per heavy atom. The van der Waals surface area contributed by atoms with Gasteiger partial charge in [0, 0.05) is 18.9 Å². The quantitative estimate of drug-likeness (QED) is 0.394. The summed E-state index contributed by atoms with van der Waals surface area (Å²) in [5.41, 5.74) is 0.506. The summed E-state index contributed by atoms with van der Waals surface area (Å²) in [5.74, 6) is -0.493. The summed E-state index contributed by atoms with van der Waals surface area (Å²) in [5, 5.41) is 4.20. The lowest BCUT2D eigenvalue weighted by Gasteiger charge is -2.10. The number of nitrogens with zero attached hydrogens (tertiary/aromatic N) is 2. The van der Waals surface area contributed by atoms with Crippen molar-refractivity contribution in [3.63, 3.8) is 0 Å². The van der Waals surface area contributed by atoms with Gasteiger partial charge in [-0.3, -0.25) is 19.5 Å². The number of rotatable bonds is 8. The van der Waals surface area contributed by atoms with Crippen molar-refractivity contribution in [2.24, 2.45) is 4.99 Å². The first-order valence-corrected chi connectivity index (χ1v) is 9.89. The molecule has 0 aliphatic carbocycles. The molecule has 0 unspecified atom stereocenters. The SMILES string of the molecule is C=C/C=C\C(=C/C=C)NS(=O)(=O)c1cncc(NC(=O)/C(=N/C)SC=C)c1. The van der Waals surface area contributed by atoms with E-state index in [9.17, 15) is 13.2 Å². The smallest absolute Gasteiger partial charge is 0.280 e. The minimum atomic E-state index is -3.92. The molecule has 0 bridgehead atoms. The third-order valence-electron chi connectivity index (χ3n) is 2.84. The Labute approximate surface area is 163 Å². The number of hydrogen-bond donors (Lipinski definition) is 2. The number of pyridine rings is 1. The van der Waals surface area contributed by atoms with Gasteiger partial charge in [0.1, 0.15) is 4.90 Å². The van der Waals surface area contributed by atoms with Crippen LogP contribution in [0.1, 0.15) is 0 Å². The average molecular weight is 405 g/mol. The first-order valence-electron chi connectivity index (χ1n) is 7.53. The summed E-state index contributed by atoms with van der Waals surface area (Å²) in [4.78, 5) is 19.7. The Bertz CT molecular complexity index is 916. The lowest BCUT2D eigenvalue weighted by atomic mass is 10.3. The fourth-order valence-corrected chi connectivity index (χ4v) is 3.21. The van der Waals surface area contributed by atoms with Gasteiger partial charge in [-0.05, 0) is 23.6 Å². The van der Waals surface area contributed by atoms with Crippen LogP contribution < -0.4 is 10.0 Å². The van der Waals surface area contributed by atoms with Crippen molar-refractivity contribution in [3.8, 4) is 0 Å². The summed E-state index contributed by atoms with van der Waals surface area (Å²) in [7, 11) is -2.45. The number of carbonyl (C=O) groups excluding carboxylic acids is 1. The highest BCUT2D eigenvalue weighted by Crippen LogP contribution is 2.16. The molecule has 7 nitrogen and oxygen atoms in total. The molecule has 142 valence electrons. The van der Waals surface area contributed by atoms with Gasteiger partial charge in [0.05, 0.1) is 11.9 Å². The zero-order chi connectivity index (χ0) is 20.3. The number of aromatic nitrogens is 1. The number of anilines is 1. The maximum Gasteiger partial charge on any atom is 0.280 e. The van der Waals surface area contributed by atoms with Gasteiger partial charge in [-0.2, -0.15) is 0 Å². The van der Waals surface area contributed by atoms with Gasteiger partial charge in [-0.25, -0.2) is 8.42 Å². The molecule has 0 aliphatic rings. The molecular formula is C18H20N4O3S2. The van der Waals surface area contributed by atoms with Crippen LogP contribution in [0.15, 0.2) is 89.6 Å². The number of carbonyl (C=O) groups is 1. The molecule has 0 spiro atoms. The van der Waals surface area contributed by atoms with E-state index in [2.05, 4.69) is 39.8 Å². The number of sulfonamides is 1. The number of thioether (sulfide) groups is 1.